The van der Waals surface area contributed by atoms with E-state index in [0.717, 1.165) is 37.3 Å². The molecule has 1 aliphatic heterocycles. The lowest BCUT2D eigenvalue weighted by atomic mass is 9.81. The number of piperidine rings is 1. The molecule has 2 N–H and O–H groups in total. The van der Waals surface area contributed by atoms with Crippen LogP contribution in [-0.2, 0) is 10.0 Å². The van der Waals surface area contributed by atoms with Crippen molar-refractivity contribution >= 4 is 57.0 Å². The SMILES string of the molecule is CC1(CNS(=O)(=O)c2cc(Cl)sc2Cl)CCNCC1.Cl. The van der Waals surface area contributed by atoms with Crippen LogP contribution in [0.2, 0.25) is 8.67 Å². The lowest BCUT2D eigenvalue weighted by Crippen LogP contribution is -2.42. The minimum Gasteiger partial charge on any atom is -0.317 e. The highest BCUT2D eigenvalue weighted by atomic mass is 35.5. The molecule has 20 heavy (non-hydrogen) atoms. The number of rotatable bonds is 4. The molecule has 1 fully saturated rings. The van der Waals surface area contributed by atoms with Gasteiger partial charge in [0.15, 0.2) is 0 Å². The van der Waals surface area contributed by atoms with Crippen molar-refractivity contribution < 1.29 is 8.42 Å². The van der Waals surface area contributed by atoms with Crippen LogP contribution in [0.3, 0.4) is 0 Å². The second-order valence-corrected chi connectivity index (χ2v) is 9.09. The summed E-state index contributed by atoms with van der Waals surface area (Å²) >= 11 is 12.7. The first-order chi connectivity index (χ1) is 8.82. The zero-order valence-corrected chi connectivity index (χ0v) is 14.9. The molecule has 1 aliphatic rings. The molecule has 0 unspecified atom stereocenters. The van der Waals surface area contributed by atoms with Crippen molar-refractivity contribution in [1.29, 1.82) is 0 Å². The molecule has 9 heteroatoms. The molecule has 1 aromatic rings. The van der Waals surface area contributed by atoms with Gasteiger partial charge in [-0.25, -0.2) is 13.1 Å². The van der Waals surface area contributed by atoms with E-state index in [-0.39, 0.29) is 27.1 Å². The second-order valence-electron chi connectivity index (χ2n) is 5.07. The molecule has 116 valence electrons. The van der Waals surface area contributed by atoms with Crippen LogP contribution >= 0.6 is 46.9 Å². The van der Waals surface area contributed by atoms with Gasteiger partial charge in [-0.15, -0.1) is 23.7 Å². The molecular weight excluding hydrogens is 363 g/mol. The van der Waals surface area contributed by atoms with E-state index in [1.807, 2.05) is 0 Å². The second kappa shape index (κ2) is 7.13. The minimum absolute atomic E-state index is 0. The third-order valence-corrected chi connectivity index (χ3v) is 6.57. The van der Waals surface area contributed by atoms with Crippen LogP contribution < -0.4 is 10.0 Å². The monoisotopic (exact) mass is 378 g/mol. The van der Waals surface area contributed by atoms with Gasteiger partial charge in [0.25, 0.3) is 0 Å². The summed E-state index contributed by atoms with van der Waals surface area (Å²) < 4.78 is 27.6. The van der Waals surface area contributed by atoms with Crippen molar-refractivity contribution in [2.45, 2.75) is 24.7 Å². The van der Waals surface area contributed by atoms with E-state index < -0.39 is 10.0 Å². The van der Waals surface area contributed by atoms with E-state index >= 15 is 0 Å². The summed E-state index contributed by atoms with van der Waals surface area (Å²) in [4.78, 5) is 0.0710. The van der Waals surface area contributed by atoms with E-state index in [0.29, 0.717) is 10.9 Å². The molecular formula is C11H17Cl3N2O2S2. The van der Waals surface area contributed by atoms with Crippen LogP contribution in [0.4, 0.5) is 0 Å². The van der Waals surface area contributed by atoms with Crippen LogP contribution in [0.25, 0.3) is 0 Å². The minimum atomic E-state index is -3.58. The smallest absolute Gasteiger partial charge is 0.242 e. The molecule has 1 saturated heterocycles. The maximum absolute atomic E-state index is 12.2. The Labute approximate surface area is 139 Å². The maximum atomic E-state index is 12.2. The molecule has 0 atom stereocenters. The molecule has 4 nitrogen and oxygen atoms in total. The van der Waals surface area contributed by atoms with Gasteiger partial charge in [-0.3, -0.25) is 0 Å². The molecule has 0 saturated carbocycles. The quantitative estimate of drug-likeness (QED) is 0.845. The molecule has 1 aromatic heterocycles. The van der Waals surface area contributed by atoms with E-state index in [9.17, 15) is 8.42 Å². The Bertz CT molecular complexity index is 554. The summed E-state index contributed by atoms with van der Waals surface area (Å²) in [6.45, 7) is 4.35. The lowest BCUT2D eigenvalue weighted by Gasteiger charge is -2.34. The molecule has 2 heterocycles. The summed E-state index contributed by atoms with van der Waals surface area (Å²) in [6.07, 6.45) is 1.90. The molecule has 2 rings (SSSR count). The maximum Gasteiger partial charge on any atom is 0.242 e. The zero-order chi connectivity index (χ0) is 14.1. The Hall–Kier alpha value is 0.440. The summed E-state index contributed by atoms with van der Waals surface area (Å²) in [6, 6.07) is 1.39. The average Bonchev–Trinajstić information content (AvgIpc) is 2.68. The Balaban J connectivity index is 0.00000200. The Morgan fingerprint density at radius 1 is 1.40 bits per heavy atom. The van der Waals surface area contributed by atoms with Crippen molar-refractivity contribution in [2.75, 3.05) is 19.6 Å². The van der Waals surface area contributed by atoms with Crippen molar-refractivity contribution in [2.24, 2.45) is 5.41 Å². The van der Waals surface area contributed by atoms with Gasteiger partial charge in [-0.1, -0.05) is 30.1 Å². The van der Waals surface area contributed by atoms with Gasteiger partial charge in [0.1, 0.15) is 9.23 Å². The summed E-state index contributed by atoms with van der Waals surface area (Å²) in [5, 5.41) is 3.27. The Kier molecular flexibility index (Phi) is 6.59. The fraction of sp³-hybridized carbons (Fsp3) is 0.636. The van der Waals surface area contributed by atoms with Crippen LogP contribution in [0, 0.1) is 5.41 Å². The van der Waals surface area contributed by atoms with Gasteiger partial charge in [0.05, 0.1) is 4.34 Å². The van der Waals surface area contributed by atoms with Crippen LogP contribution in [-0.4, -0.2) is 28.1 Å². The molecule has 0 radical (unpaired) electrons. The highest BCUT2D eigenvalue weighted by Crippen LogP contribution is 2.34. The van der Waals surface area contributed by atoms with E-state index in [2.05, 4.69) is 17.0 Å². The Morgan fingerprint density at radius 3 is 2.50 bits per heavy atom. The molecule has 0 amide bonds. The number of hydrogen-bond acceptors (Lipinski definition) is 4. The first-order valence-corrected chi connectivity index (χ1v) is 9.03. The number of thiophene rings is 1. The number of halogens is 3. The highest BCUT2D eigenvalue weighted by molar-refractivity contribution is 7.89. The highest BCUT2D eigenvalue weighted by Gasteiger charge is 2.29. The van der Waals surface area contributed by atoms with Crippen LogP contribution in [0.5, 0.6) is 0 Å². The standard InChI is InChI=1S/C11H16Cl2N2O2S2.ClH/c1-11(2-4-14-5-3-11)7-15-19(16,17)8-6-9(12)18-10(8)13;/h6,14-15H,2-5,7H2,1H3;1H. The number of hydrogen-bond donors (Lipinski definition) is 2. The third-order valence-electron chi connectivity index (χ3n) is 3.41. The molecule has 0 aliphatic carbocycles. The zero-order valence-electron chi connectivity index (χ0n) is 10.9. The summed E-state index contributed by atoms with van der Waals surface area (Å²) in [5.41, 5.74) is -0.00931. The normalized spacial score (nSPS) is 18.6. The van der Waals surface area contributed by atoms with Crippen molar-refractivity contribution in [3.05, 3.63) is 14.7 Å². The van der Waals surface area contributed by atoms with E-state index in [1.54, 1.807) is 0 Å². The largest absolute Gasteiger partial charge is 0.317 e. The van der Waals surface area contributed by atoms with Gasteiger partial charge in [0, 0.05) is 6.54 Å². The van der Waals surface area contributed by atoms with Crippen LogP contribution in [0.1, 0.15) is 19.8 Å². The van der Waals surface area contributed by atoms with Gasteiger partial charge in [-0.05, 0) is 37.4 Å². The van der Waals surface area contributed by atoms with Crippen molar-refractivity contribution in [3.63, 3.8) is 0 Å². The predicted octanol–water partition coefficient (Wildman–Crippen LogP) is 3.14. The Morgan fingerprint density at radius 2 is 2.00 bits per heavy atom. The summed E-state index contributed by atoms with van der Waals surface area (Å²) in [5.74, 6) is 0. The molecule has 0 spiro atoms. The molecule has 0 bridgehead atoms. The topological polar surface area (TPSA) is 58.2 Å². The summed E-state index contributed by atoms with van der Waals surface area (Å²) in [7, 11) is -3.58. The van der Waals surface area contributed by atoms with Gasteiger partial charge in [-0.2, -0.15) is 0 Å². The van der Waals surface area contributed by atoms with Gasteiger partial charge in [0.2, 0.25) is 10.0 Å². The third kappa shape index (κ3) is 4.47. The number of nitrogens with one attached hydrogen (secondary N) is 2. The average molecular weight is 380 g/mol. The number of sulfonamides is 1. The lowest BCUT2D eigenvalue weighted by molar-refractivity contribution is 0.232. The fourth-order valence-electron chi connectivity index (χ4n) is 2.06. The first kappa shape index (κ1) is 18.5. The fourth-order valence-corrected chi connectivity index (χ4v) is 5.41. The van der Waals surface area contributed by atoms with E-state index in [1.165, 1.54) is 6.07 Å². The predicted molar refractivity (Wildman–Crippen MR) is 87.0 cm³/mol. The van der Waals surface area contributed by atoms with Gasteiger partial charge < -0.3 is 5.32 Å². The van der Waals surface area contributed by atoms with Crippen molar-refractivity contribution in [3.8, 4) is 0 Å². The molecule has 0 aromatic carbocycles. The van der Waals surface area contributed by atoms with Gasteiger partial charge >= 0.3 is 0 Å². The van der Waals surface area contributed by atoms with E-state index in [4.69, 9.17) is 23.2 Å². The van der Waals surface area contributed by atoms with Crippen molar-refractivity contribution in [1.82, 2.24) is 10.0 Å². The first-order valence-electron chi connectivity index (χ1n) is 5.98. The van der Waals surface area contributed by atoms with Crippen LogP contribution in [0.15, 0.2) is 11.0 Å².